The molecule has 3 aliphatic rings. The van der Waals surface area contributed by atoms with Crippen LogP contribution < -0.4 is 5.32 Å². The Morgan fingerprint density at radius 1 is 1.12 bits per heavy atom. The van der Waals surface area contributed by atoms with Crippen molar-refractivity contribution in [1.29, 1.82) is 0 Å². The zero-order valence-corrected chi connectivity index (χ0v) is 10.7. The number of alkyl halides is 2. The van der Waals surface area contributed by atoms with Gasteiger partial charge in [-0.1, -0.05) is 0 Å². The largest absolute Gasteiger partial charge is 0.378 e. The summed E-state index contributed by atoms with van der Waals surface area (Å²) >= 11 is 0. The molecular formula is C12H20ClF2NO. The average Bonchev–Trinajstić information content (AvgIpc) is 2.56. The van der Waals surface area contributed by atoms with Crippen LogP contribution in [-0.4, -0.2) is 31.7 Å². The Labute approximate surface area is 107 Å². The second-order valence-corrected chi connectivity index (χ2v) is 5.41. The van der Waals surface area contributed by atoms with Gasteiger partial charge in [0.1, 0.15) is 0 Å². The summed E-state index contributed by atoms with van der Waals surface area (Å²) in [6, 6.07) is 0. The summed E-state index contributed by atoms with van der Waals surface area (Å²) < 4.78 is 33.6. The van der Waals surface area contributed by atoms with Gasteiger partial charge in [0.05, 0.1) is 12.0 Å². The first kappa shape index (κ1) is 13.5. The lowest BCUT2D eigenvalue weighted by Gasteiger charge is -2.14. The van der Waals surface area contributed by atoms with Crippen LogP contribution in [0.4, 0.5) is 8.78 Å². The second-order valence-electron chi connectivity index (χ2n) is 5.41. The van der Waals surface area contributed by atoms with Crippen LogP contribution in [-0.2, 0) is 4.74 Å². The maximum atomic E-state index is 14.1. The van der Waals surface area contributed by atoms with Gasteiger partial charge >= 0.3 is 0 Å². The Morgan fingerprint density at radius 2 is 1.94 bits per heavy atom. The third-order valence-corrected chi connectivity index (χ3v) is 4.63. The maximum Gasteiger partial charge on any atom is 0.260 e. The van der Waals surface area contributed by atoms with Crippen molar-refractivity contribution >= 4 is 12.4 Å². The summed E-state index contributed by atoms with van der Waals surface area (Å²) in [4.78, 5) is 0. The molecule has 1 spiro atoms. The fourth-order valence-electron chi connectivity index (χ4n) is 3.73. The summed E-state index contributed by atoms with van der Waals surface area (Å²) in [6.45, 7) is 2.29. The van der Waals surface area contributed by atoms with E-state index >= 15 is 0 Å². The van der Waals surface area contributed by atoms with Crippen LogP contribution in [0.3, 0.4) is 0 Å². The molecule has 1 saturated carbocycles. The molecule has 3 atom stereocenters. The zero-order chi connectivity index (χ0) is 11.2. The molecule has 3 rings (SSSR count). The monoisotopic (exact) mass is 267 g/mol. The highest BCUT2D eigenvalue weighted by Crippen LogP contribution is 2.72. The highest BCUT2D eigenvalue weighted by atomic mass is 35.5. The Balaban J connectivity index is 0.00000108. The van der Waals surface area contributed by atoms with E-state index < -0.39 is 17.3 Å². The molecular weight excluding hydrogens is 248 g/mol. The lowest BCUT2D eigenvalue weighted by molar-refractivity contribution is 0.0243. The standard InChI is InChI=1S/C12H19F2NO.ClH/c13-12(14)10(9-3-1-8-16-9)11(12)4-2-6-15-7-5-11;/h9-10,15H,1-8H2;1H. The van der Waals surface area contributed by atoms with Crippen molar-refractivity contribution in [1.82, 2.24) is 5.32 Å². The highest BCUT2D eigenvalue weighted by molar-refractivity contribution is 5.85. The zero-order valence-electron chi connectivity index (χ0n) is 9.88. The van der Waals surface area contributed by atoms with Crippen molar-refractivity contribution in [3.63, 3.8) is 0 Å². The molecule has 3 fully saturated rings. The van der Waals surface area contributed by atoms with E-state index in [2.05, 4.69) is 5.32 Å². The molecule has 3 unspecified atom stereocenters. The molecule has 2 saturated heterocycles. The molecule has 0 aromatic carbocycles. The lowest BCUT2D eigenvalue weighted by atomic mass is 9.91. The van der Waals surface area contributed by atoms with Crippen LogP contribution in [0.25, 0.3) is 0 Å². The molecule has 0 amide bonds. The first-order valence-electron chi connectivity index (χ1n) is 6.39. The molecule has 0 bridgehead atoms. The minimum Gasteiger partial charge on any atom is -0.378 e. The minimum absolute atomic E-state index is 0. The van der Waals surface area contributed by atoms with Crippen molar-refractivity contribution in [2.24, 2.45) is 11.3 Å². The van der Waals surface area contributed by atoms with Crippen molar-refractivity contribution in [3.8, 4) is 0 Å². The minimum atomic E-state index is -2.48. The van der Waals surface area contributed by atoms with Gasteiger partial charge in [-0.2, -0.15) is 0 Å². The molecule has 0 aromatic rings. The number of rotatable bonds is 1. The van der Waals surface area contributed by atoms with Gasteiger partial charge in [-0.05, 0) is 45.2 Å². The number of hydrogen-bond donors (Lipinski definition) is 1. The predicted molar refractivity (Wildman–Crippen MR) is 63.8 cm³/mol. The Hall–Kier alpha value is 0.0700. The summed E-state index contributed by atoms with van der Waals surface area (Å²) in [7, 11) is 0. The molecule has 1 aliphatic carbocycles. The molecule has 2 heterocycles. The van der Waals surface area contributed by atoms with Crippen LogP contribution in [0.2, 0.25) is 0 Å². The quantitative estimate of drug-likeness (QED) is 0.789. The van der Waals surface area contributed by atoms with Gasteiger partial charge in [0.15, 0.2) is 0 Å². The fourth-order valence-corrected chi connectivity index (χ4v) is 3.73. The van der Waals surface area contributed by atoms with E-state index in [0.717, 1.165) is 32.4 Å². The summed E-state index contributed by atoms with van der Waals surface area (Å²) in [5.74, 6) is -2.98. The molecule has 5 heteroatoms. The van der Waals surface area contributed by atoms with E-state index in [1.54, 1.807) is 0 Å². The topological polar surface area (TPSA) is 21.3 Å². The maximum absolute atomic E-state index is 14.1. The molecule has 17 heavy (non-hydrogen) atoms. The fraction of sp³-hybridized carbons (Fsp3) is 1.00. The number of halogens is 3. The van der Waals surface area contributed by atoms with Crippen molar-refractivity contribution < 1.29 is 13.5 Å². The Morgan fingerprint density at radius 3 is 2.65 bits per heavy atom. The Kier molecular flexibility index (Phi) is 3.68. The molecule has 0 aromatic heterocycles. The predicted octanol–water partition coefficient (Wildman–Crippen LogP) is 2.61. The van der Waals surface area contributed by atoms with Crippen LogP contribution >= 0.6 is 12.4 Å². The SMILES string of the molecule is Cl.FC1(F)C(C2CCCO2)C12CCCNCC2. The van der Waals surface area contributed by atoms with Gasteiger partial charge < -0.3 is 10.1 Å². The van der Waals surface area contributed by atoms with Crippen molar-refractivity contribution in [2.75, 3.05) is 19.7 Å². The molecule has 1 N–H and O–H groups in total. The first-order chi connectivity index (χ1) is 7.68. The van der Waals surface area contributed by atoms with E-state index in [-0.39, 0.29) is 18.5 Å². The van der Waals surface area contributed by atoms with E-state index in [4.69, 9.17) is 4.74 Å². The normalized spacial score (nSPS) is 44.1. The average molecular weight is 268 g/mol. The summed E-state index contributed by atoms with van der Waals surface area (Å²) in [6.07, 6.45) is 3.76. The van der Waals surface area contributed by atoms with Crippen LogP contribution in [0.5, 0.6) is 0 Å². The van der Waals surface area contributed by atoms with Crippen LogP contribution in [0.1, 0.15) is 32.1 Å². The number of ether oxygens (including phenoxy) is 1. The number of hydrogen-bond acceptors (Lipinski definition) is 2. The van der Waals surface area contributed by atoms with E-state index in [1.807, 2.05) is 0 Å². The molecule has 2 aliphatic heterocycles. The van der Waals surface area contributed by atoms with Gasteiger partial charge in [0.25, 0.3) is 5.92 Å². The first-order valence-corrected chi connectivity index (χ1v) is 6.39. The number of nitrogens with one attached hydrogen (secondary N) is 1. The van der Waals surface area contributed by atoms with E-state index in [0.29, 0.717) is 19.4 Å². The van der Waals surface area contributed by atoms with E-state index in [1.165, 1.54) is 0 Å². The highest BCUT2D eigenvalue weighted by Gasteiger charge is 2.81. The molecule has 2 nitrogen and oxygen atoms in total. The van der Waals surface area contributed by atoms with Crippen molar-refractivity contribution in [2.45, 2.75) is 44.1 Å². The van der Waals surface area contributed by atoms with Crippen molar-refractivity contribution in [3.05, 3.63) is 0 Å². The second kappa shape index (κ2) is 4.63. The molecule has 0 radical (unpaired) electrons. The van der Waals surface area contributed by atoms with E-state index in [9.17, 15) is 8.78 Å². The third kappa shape index (κ3) is 1.89. The summed E-state index contributed by atoms with van der Waals surface area (Å²) in [5.41, 5.74) is -0.731. The Bertz CT molecular complexity index is 274. The lowest BCUT2D eigenvalue weighted by Crippen LogP contribution is -2.18. The van der Waals surface area contributed by atoms with Gasteiger partial charge in [-0.25, -0.2) is 8.78 Å². The van der Waals surface area contributed by atoms with Gasteiger partial charge in [-0.15, -0.1) is 12.4 Å². The summed E-state index contributed by atoms with van der Waals surface area (Å²) in [5, 5.41) is 3.22. The smallest absolute Gasteiger partial charge is 0.260 e. The molecule has 100 valence electrons. The van der Waals surface area contributed by atoms with Gasteiger partial charge in [-0.3, -0.25) is 0 Å². The van der Waals surface area contributed by atoms with Crippen LogP contribution in [0, 0.1) is 11.3 Å². The van der Waals surface area contributed by atoms with Gasteiger partial charge in [0, 0.05) is 12.0 Å². The van der Waals surface area contributed by atoms with Gasteiger partial charge in [0.2, 0.25) is 0 Å². The third-order valence-electron chi connectivity index (χ3n) is 4.63. The van der Waals surface area contributed by atoms with Crippen LogP contribution in [0.15, 0.2) is 0 Å².